The van der Waals surface area contributed by atoms with Crippen LogP contribution in [0.15, 0.2) is 70.4 Å². The normalized spacial score (nSPS) is 11.3. The Balaban J connectivity index is 1.67. The molecule has 0 aliphatic heterocycles. The van der Waals surface area contributed by atoms with Gasteiger partial charge < -0.3 is 15.0 Å². The van der Waals surface area contributed by atoms with Crippen LogP contribution < -0.4 is 16.6 Å². The van der Waals surface area contributed by atoms with Gasteiger partial charge in [0.15, 0.2) is 0 Å². The molecule has 0 spiro atoms. The second-order valence-corrected chi connectivity index (χ2v) is 7.93. The van der Waals surface area contributed by atoms with Crippen molar-refractivity contribution in [2.24, 2.45) is 0 Å². The average Bonchev–Trinajstić information content (AvgIpc) is 2.74. The number of benzene rings is 2. The zero-order valence-corrected chi connectivity index (χ0v) is 18.0. The minimum Gasteiger partial charge on any atom is -0.379 e. The van der Waals surface area contributed by atoms with Crippen molar-refractivity contribution >= 4 is 29.1 Å². The summed E-state index contributed by atoms with van der Waals surface area (Å²) in [5.41, 5.74) is -1.34. The van der Waals surface area contributed by atoms with Crippen LogP contribution in [0.2, 0.25) is 10.0 Å². The summed E-state index contributed by atoms with van der Waals surface area (Å²) in [6.45, 7) is 0.218. The molecule has 31 heavy (non-hydrogen) atoms. The van der Waals surface area contributed by atoms with Gasteiger partial charge in [-0.05, 0) is 41.8 Å². The Morgan fingerprint density at radius 3 is 2.03 bits per heavy atom. The number of hydrogen-bond acceptors (Lipinski definition) is 4. The number of rotatable bonds is 8. The number of aryl methyl sites for hydroxylation is 1. The molecular formula is C22H21Cl2N3O4. The summed E-state index contributed by atoms with van der Waals surface area (Å²) >= 11 is 11.9. The summed E-state index contributed by atoms with van der Waals surface area (Å²) in [6, 6.07) is 14.7. The Hall–Kier alpha value is -2.87. The molecule has 7 nitrogen and oxygen atoms in total. The Morgan fingerprint density at radius 1 is 0.968 bits per heavy atom. The van der Waals surface area contributed by atoms with Gasteiger partial charge in [0.05, 0.1) is 6.54 Å². The van der Waals surface area contributed by atoms with Crippen LogP contribution in [0.1, 0.15) is 24.0 Å². The van der Waals surface area contributed by atoms with Crippen LogP contribution >= 0.6 is 23.2 Å². The molecule has 9 heteroatoms. The van der Waals surface area contributed by atoms with Crippen molar-refractivity contribution in [3.63, 3.8) is 0 Å². The molecule has 0 atom stereocenters. The molecule has 0 radical (unpaired) electrons. The van der Waals surface area contributed by atoms with Gasteiger partial charge in [0.25, 0.3) is 5.56 Å². The number of aliphatic hydroxyl groups is 1. The van der Waals surface area contributed by atoms with Crippen LogP contribution in [0.4, 0.5) is 0 Å². The van der Waals surface area contributed by atoms with E-state index >= 15 is 0 Å². The van der Waals surface area contributed by atoms with Crippen molar-refractivity contribution in [3.05, 3.63) is 103 Å². The van der Waals surface area contributed by atoms with Gasteiger partial charge in [-0.3, -0.25) is 14.6 Å². The van der Waals surface area contributed by atoms with E-state index in [0.29, 0.717) is 27.6 Å². The Kier molecular flexibility index (Phi) is 7.33. The van der Waals surface area contributed by atoms with Crippen LogP contribution in [-0.4, -0.2) is 27.1 Å². The molecule has 3 N–H and O–H groups in total. The minimum atomic E-state index is -1.49. The van der Waals surface area contributed by atoms with E-state index in [4.69, 9.17) is 23.2 Å². The summed E-state index contributed by atoms with van der Waals surface area (Å²) < 4.78 is 1.33. The fourth-order valence-corrected chi connectivity index (χ4v) is 3.42. The van der Waals surface area contributed by atoms with Crippen LogP contribution in [0.3, 0.4) is 0 Å². The van der Waals surface area contributed by atoms with E-state index in [9.17, 15) is 19.5 Å². The fourth-order valence-electron chi connectivity index (χ4n) is 3.17. The summed E-state index contributed by atoms with van der Waals surface area (Å²) in [5.74, 6) is -0.279. The second kappa shape index (κ2) is 9.96. The number of H-pyrrole nitrogens is 1. The van der Waals surface area contributed by atoms with Gasteiger partial charge in [0.1, 0.15) is 5.60 Å². The van der Waals surface area contributed by atoms with Crippen LogP contribution in [0, 0.1) is 0 Å². The number of nitrogens with one attached hydrogen (secondary N) is 2. The molecular weight excluding hydrogens is 441 g/mol. The third-order valence-electron chi connectivity index (χ3n) is 4.88. The quantitative estimate of drug-likeness (QED) is 0.479. The Bertz CT molecular complexity index is 1110. The largest absolute Gasteiger partial charge is 0.379 e. The van der Waals surface area contributed by atoms with Crippen molar-refractivity contribution in [1.82, 2.24) is 14.9 Å². The first-order valence-electron chi connectivity index (χ1n) is 9.59. The molecule has 2 aromatic carbocycles. The molecule has 0 bridgehead atoms. The van der Waals surface area contributed by atoms with Gasteiger partial charge in [0.2, 0.25) is 5.91 Å². The summed E-state index contributed by atoms with van der Waals surface area (Å²) in [7, 11) is 0. The van der Waals surface area contributed by atoms with Gasteiger partial charge in [0, 0.05) is 35.3 Å². The molecule has 0 unspecified atom stereocenters. The van der Waals surface area contributed by atoms with Crippen LogP contribution in [-0.2, 0) is 16.9 Å². The smallest absolute Gasteiger partial charge is 0.328 e. The maximum Gasteiger partial charge on any atom is 0.328 e. The van der Waals surface area contributed by atoms with Crippen molar-refractivity contribution in [2.45, 2.75) is 25.0 Å². The van der Waals surface area contributed by atoms with E-state index in [1.807, 2.05) is 0 Å². The number of carbonyl (C=O) groups is 1. The SMILES string of the molecule is O=C(CCCn1ccc(=O)[nH]c1=O)NCC(O)(c1ccc(Cl)cc1)c1ccc(Cl)cc1. The predicted molar refractivity (Wildman–Crippen MR) is 119 cm³/mol. The maximum absolute atomic E-state index is 12.4. The lowest BCUT2D eigenvalue weighted by Crippen LogP contribution is -2.41. The standard InChI is InChI=1S/C22H21Cl2N3O4/c23-17-7-3-15(4-8-17)22(31,16-5-9-18(24)10-6-16)14-25-19(28)2-1-12-27-13-11-20(29)26-21(27)30/h3-11,13,31H,1-2,12,14H2,(H,25,28)(H,26,29,30). The van der Waals surface area contributed by atoms with Crippen LogP contribution in [0.25, 0.3) is 0 Å². The highest BCUT2D eigenvalue weighted by atomic mass is 35.5. The maximum atomic E-state index is 12.4. The monoisotopic (exact) mass is 461 g/mol. The minimum absolute atomic E-state index is 0.0618. The van der Waals surface area contributed by atoms with Gasteiger partial charge in [-0.1, -0.05) is 47.5 Å². The van der Waals surface area contributed by atoms with Gasteiger partial charge in [-0.15, -0.1) is 0 Å². The summed E-state index contributed by atoms with van der Waals surface area (Å²) in [6.07, 6.45) is 1.92. The van der Waals surface area contributed by atoms with Crippen molar-refractivity contribution in [1.29, 1.82) is 0 Å². The molecule has 0 aliphatic rings. The number of nitrogens with zero attached hydrogens (tertiary/aromatic N) is 1. The molecule has 3 rings (SSSR count). The van der Waals surface area contributed by atoms with E-state index in [2.05, 4.69) is 10.3 Å². The zero-order valence-electron chi connectivity index (χ0n) is 16.5. The van der Waals surface area contributed by atoms with E-state index in [1.165, 1.54) is 16.8 Å². The van der Waals surface area contributed by atoms with Gasteiger partial charge in [-0.2, -0.15) is 0 Å². The average molecular weight is 462 g/mol. The Labute approximate surface area is 188 Å². The molecule has 0 saturated heterocycles. The molecule has 0 fully saturated rings. The lowest BCUT2D eigenvalue weighted by atomic mass is 9.86. The number of halogens is 2. The first kappa shape index (κ1) is 22.8. The number of aromatic amines is 1. The van der Waals surface area contributed by atoms with Crippen molar-refractivity contribution < 1.29 is 9.90 Å². The molecule has 3 aromatic rings. The molecule has 1 amide bonds. The van der Waals surface area contributed by atoms with Gasteiger partial charge in [-0.25, -0.2) is 4.79 Å². The summed E-state index contributed by atoms with van der Waals surface area (Å²) in [4.78, 5) is 37.3. The summed E-state index contributed by atoms with van der Waals surface area (Å²) in [5, 5.41) is 15.3. The molecule has 1 heterocycles. The second-order valence-electron chi connectivity index (χ2n) is 7.06. The fraction of sp³-hybridized carbons (Fsp3) is 0.227. The van der Waals surface area contributed by atoms with E-state index in [0.717, 1.165) is 0 Å². The first-order valence-corrected chi connectivity index (χ1v) is 10.3. The van der Waals surface area contributed by atoms with E-state index in [1.54, 1.807) is 48.5 Å². The predicted octanol–water partition coefficient (Wildman–Crippen LogP) is 2.68. The Morgan fingerprint density at radius 2 is 1.52 bits per heavy atom. The van der Waals surface area contributed by atoms with Gasteiger partial charge >= 0.3 is 5.69 Å². The third kappa shape index (κ3) is 5.85. The highest BCUT2D eigenvalue weighted by Crippen LogP contribution is 2.31. The number of hydrogen-bond donors (Lipinski definition) is 3. The van der Waals surface area contributed by atoms with Crippen LogP contribution in [0.5, 0.6) is 0 Å². The molecule has 0 saturated carbocycles. The highest BCUT2D eigenvalue weighted by molar-refractivity contribution is 6.30. The topological polar surface area (TPSA) is 104 Å². The number of carbonyl (C=O) groups excluding carboxylic acids is 1. The highest BCUT2D eigenvalue weighted by Gasteiger charge is 2.32. The molecule has 1 aromatic heterocycles. The van der Waals surface area contributed by atoms with E-state index in [-0.39, 0.29) is 25.4 Å². The van der Waals surface area contributed by atoms with E-state index < -0.39 is 16.9 Å². The zero-order chi connectivity index (χ0) is 22.4. The lowest BCUT2D eigenvalue weighted by Gasteiger charge is -2.30. The lowest BCUT2D eigenvalue weighted by molar-refractivity contribution is -0.122. The van der Waals surface area contributed by atoms with Crippen molar-refractivity contribution in [2.75, 3.05) is 6.54 Å². The third-order valence-corrected chi connectivity index (χ3v) is 5.39. The molecule has 162 valence electrons. The first-order chi connectivity index (χ1) is 14.8. The van der Waals surface area contributed by atoms with Crippen molar-refractivity contribution in [3.8, 4) is 0 Å². The number of aromatic nitrogens is 2. The number of amides is 1. The molecule has 0 aliphatic carbocycles.